The number of halogens is 1. The number of fused-ring (bicyclic) bond motifs is 1. The van der Waals surface area contributed by atoms with Gasteiger partial charge in [-0.25, -0.2) is 13.8 Å². The first-order chi connectivity index (χ1) is 12.8. The van der Waals surface area contributed by atoms with Gasteiger partial charge < -0.3 is 13.8 Å². The van der Waals surface area contributed by atoms with E-state index in [1.54, 1.807) is 24.3 Å². The van der Waals surface area contributed by atoms with E-state index >= 15 is 0 Å². The summed E-state index contributed by atoms with van der Waals surface area (Å²) < 4.78 is 49.0. The molecule has 0 unspecified atom stereocenters. The lowest BCUT2D eigenvalue weighted by Gasteiger charge is -2.17. The monoisotopic (exact) mass is 398 g/mol. The smallest absolute Gasteiger partial charge is 0.391 e. The van der Waals surface area contributed by atoms with Gasteiger partial charge in [-0.15, -0.1) is 0 Å². The van der Waals surface area contributed by atoms with E-state index in [4.69, 9.17) is 18.3 Å². The molecule has 2 aliphatic heterocycles. The molecule has 0 aliphatic carbocycles. The number of aromatic amines is 1. The Kier molecular flexibility index (Phi) is 4.41. The molecule has 0 saturated carbocycles. The van der Waals surface area contributed by atoms with Gasteiger partial charge in [-0.3, -0.25) is 18.9 Å². The zero-order valence-corrected chi connectivity index (χ0v) is 15.1. The Balaban J connectivity index is 1.43. The van der Waals surface area contributed by atoms with E-state index in [-0.39, 0.29) is 24.5 Å². The number of hydrogen-bond donors (Lipinski definition) is 1. The molecule has 1 fully saturated rings. The molecule has 4 rings (SSSR count). The molecule has 2 aromatic rings. The number of benzene rings is 1. The molecule has 0 amide bonds. The molecular formula is C16H16FN2O7P. The first-order valence-electron chi connectivity index (χ1n) is 8.19. The highest BCUT2D eigenvalue weighted by molar-refractivity contribution is 7.49. The Labute approximate surface area is 152 Å². The summed E-state index contributed by atoms with van der Waals surface area (Å²) in [6.07, 6.45) is -2.27. The van der Waals surface area contributed by atoms with Crippen molar-refractivity contribution in [3.63, 3.8) is 0 Å². The SMILES string of the molecule is Cc1cn([C@H]2C[C@H](F)[C@@H](COP3(=O)Oc4ccccc4O3)O2)c(=O)[nH]c1=O. The highest BCUT2D eigenvalue weighted by Gasteiger charge is 2.43. The minimum atomic E-state index is -3.91. The Morgan fingerprint density at radius 2 is 1.96 bits per heavy atom. The van der Waals surface area contributed by atoms with E-state index in [0.717, 1.165) is 4.57 Å². The maximum Gasteiger partial charge on any atom is 0.587 e. The molecule has 3 atom stereocenters. The Hall–Kier alpha value is -2.42. The predicted octanol–water partition coefficient (Wildman–Crippen LogP) is 2.07. The Morgan fingerprint density at radius 1 is 1.30 bits per heavy atom. The maximum atomic E-state index is 14.3. The summed E-state index contributed by atoms with van der Waals surface area (Å²) in [5.74, 6) is 0.552. The van der Waals surface area contributed by atoms with E-state index in [1.807, 2.05) is 0 Å². The molecule has 2 aliphatic rings. The van der Waals surface area contributed by atoms with E-state index < -0.39 is 37.6 Å². The summed E-state index contributed by atoms with van der Waals surface area (Å²) >= 11 is 0. The van der Waals surface area contributed by atoms with Crippen LogP contribution in [-0.4, -0.2) is 28.4 Å². The fraction of sp³-hybridized carbons (Fsp3) is 0.375. The van der Waals surface area contributed by atoms with E-state index in [0.29, 0.717) is 5.56 Å². The Bertz CT molecular complexity index is 1010. The molecule has 27 heavy (non-hydrogen) atoms. The van der Waals surface area contributed by atoms with Crippen molar-refractivity contribution in [2.45, 2.75) is 31.8 Å². The summed E-state index contributed by atoms with van der Waals surface area (Å²) in [7, 11) is -3.91. The number of aryl methyl sites for hydroxylation is 1. The second-order valence-electron chi connectivity index (χ2n) is 6.23. The van der Waals surface area contributed by atoms with Crippen molar-refractivity contribution in [3.05, 3.63) is 56.9 Å². The number of H-pyrrole nitrogens is 1. The third-order valence-corrected chi connectivity index (χ3v) is 5.59. The summed E-state index contributed by atoms with van der Waals surface area (Å²) in [5.41, 5.74) is -0.919. The van der Waals surface area contributed by atoms with Gasteiger partial charge in [-0.05, 0) is 19.1 Å². The number of phosphoric acid groups is 1. The standard InChI is InChI=1S/C16H16FN2O7P/c1-9-7-19(16(21)18-15(9)20)14-6-10(17)13(24-14)8-23-27(22)25-11-4-2-3-5-12(11)26-27/h2-5,7,10,13-14H,6,8H2,1H3,(H,18,20,21)/t10-,13+,14+/m0/s1. The van der Waals surface area contributed by atoms with Crippen molar-refractivity contribution in [1.82, 2.24) is 9.55 Å². The lowest BCUT2D eigenvalue weighted by Crippen LogP contribution is -2.33. The molecule has 11 heteroatoms. The number of aromatic nitrogens is 2. The first kappa shape index (κ1) is 18.0. The summed E-state index contributed by atoms with van der Waals surface area (Å²) in [6, 6.07) is 6.51. The fourth-order valence-corrected chi connectivity index (χ4v) is 4.14. The highest BCUT2D eigenvalue weighted by Crippen LogP contribution is 2.58. The first-order valence-corrected chi connectivity index (χ1v) is 9.65. The zero-order chi connectivity index (χ0) is 19.2. The number of hydrogen-bond acceptors (Lipinski definition) is 7. The number of nitrogens with zero attached hydrogens (tertiary/aromatic N) is 1. The molecule has 1 saturated heterocycles. The van der Waals surface area contributed by atoms with Crippen molar-refractivity contribution in [1.29, 1.82) is 0 Å². The summed E-state index contributed by atoms with van der Waals surface area (Å²) in [4.78, 5) is 25.5. The molecule has 0 radical (unpaired) electrons. The average molecular weight is 398 g/mol. The molecule has 0 bridgehead atoms. The van der Waals surface area contributed by atoms with Crippen molar-refractivity contribution in [2.75, 3.05) is 6.61 Å². The number of rotatable bonds is 4. The van der Waals surface area contributed by atoms with Gasteiger partial charge in [-0.2, -0.15) is 0 Å². The van der Waals surface area contributed by atoms with Crippen LogP contribution in [0.2, 0.25) is 0 Å². The van der Waals surface area contributed by atoms with Gasteiger partial charge in [0.05, 0.1) is 6.61 Å². The molecule has 0 spiro atoms. The van der Waals surface area contributed by atoms with Gasteiger partial charge in [0, 0.05) is 18.2 Å². The molecule has 1 aromatic carbocycles. The van der Waals surface area contributed by atoms with E-state index in [1.165, 1.54) is 13.1 Å². The van der Waals surface area contributed by atoms with E-state index in [9.17, 15) is 18.5 Å². The Morgan fingerprint density at radius 3 is 2.63 bits per heavy atom. The van der Waals surface area contributed by atoms with Crippen molar-refractivity contribution >= 4 is 7.82 Å². The van der Waals surface area contributed by atoms with Crippen LogP contribution < -0.4 is 20.3 Å². The number of para-hydroxylation sites is 2. The lowest BCUT2D eigenvalue weighted by atomic mass is 10.2. The minimum absolute atomic E-state index is 0.119. The third-order valence-electron chi connectivity index (χ3n) is 4.28. The normalized spacial score (nSPS) is 25.6. The third kappa shape index (κ3) is 3.43. The van der Waals surface area contributed by atoms with Crippen LogP contribution in [0.5, 0.6) is 11.5 Å². The molecule has 1 N–H and O–H groups in total. The second kappa shape index (κ2) is 6.63. The van der Waals surface area contributed by atoms with Crippen LogP contribution in [0, 0.1) is 6.92 Å². The topological polar surface area (TPSA) is 109 Å². The van der Waals surface area contributed by atoms with Gasteiger partial charge in [0.25, 0.3) is 5.56 Å². The van der Waals surface area contributed by atoms with Crippen LogP contribution in [0.15, 0.2) is 40.1 Å². The van der Waals surface area contributed by atoms with Gasteiger partial charge in [0.2, 0.25) is 0 Å². The number of phosphoric ester groups is 1. The van der Waals surface area contributed by atoms with E-state index in [2.05, 4.69) is 4.98 Å². The fourth-order valence-electron chi connectivity index (χ4n) is 2.89. The predicted molar refractivity (Wildman–Crippen MR) is 90.7 cm³/mol. The van der Waals surface area contributed by atoms with Crippen LogP contribution >= 0.6 is 7.82 Å². The minimum Gasteiger partial charge on any atom is -0.391 e. The zero-order valence-electron chi connectivity index (χ0n) is 14.2. The average Bonchev–Trinajstić information content (AvgIpc) is 3.15. The molecule has 9 nitrogen and oxygen atoms in total. The van der Waals surface area contributed by atoms with Crippen LogP contribution in [0.4, 0.5) is 4.39 Å². The lowest BCUT2D eigenvalue weighted by molar-refractivity contribution is -0.0337. The van der Waals surface area contributed by atoms with Crippen molar-refractivity contribution in [3.8, 4) is 11.5 Å². The second-order valence-corrected chi connectivity index (χ2v) is 7.75. The number of ether oxygens (including phenoxy) is 1. The molecular weight excluding hydrogens is 382 g/mol. The van der Waals surface area contributed by atoms with Gasteiger partial charge in [0.15, 0.2) is 11.5 Å². The van der Waals surface area contributed by atoms with Crippen LogP contribution in [-0.2, 0) is 13.8 Å². The number of nitrogens with one attached hydrogen (secondary N) is 1. The number of alkyl halides is 1. The van der Waals surface area contributed by atoms with Crippen LogP contribution in [0.1, 0.15) is 18.2 Å². The molecule has 144 valence electrons. The summed E-state index contributed by atoms with van der Waals surface area (Å²) in [6.45, 7) is 1.13. The maximum absolute atomic E-state index is 14.3. The van der Waals surface area contributed by atoms with Crippen molar-refractivity contribution in [2.24, 2.45) is 0 Å². The largest absolute Gasteiger partial charge is 0.587 e. The van der Waals surface area contributed by atoms with Crippen LogP contribution in [0.25, 0.3) is 0 Å². The van der Waals surface area contributed by atoms with Gasteiger partial charge >= 0.3 is 13.5 Å². The van der Waals surface area contributed by atoms with Crippen molar-refractivity contribution < 1.29 is 27.3 Å². The quantitative estimate of drug-likeness (QED) is 0.786. The molecule has 1 aromatic heterocycles. The highest BCUT2D eigenvalue weighted by atomic mass is 31.2. The van der Waals surface area contributed by atoms with Gasteiger partial charge in [-0.1, -0.05) is 12.1 Å². The van der Waals surface area contributed by atoms with Crippen LogP contribution in [0.3, 0.4) is 0 Å². The summed E-state index contributed by atoms with van der Waals surface area (Å²) in [5, 5.41) is 0. The van der Waals surface area contributed by atoms with Gasteiger partial charge in [0.1, 0.15) is 18.5 Å². The molecule has 3 heterocycles.